The molecule has 1 saturated heterocycles. The molecule has 1 N–H and O–H groups in total. The SMILES string of the molecule is CCc1cccc(CC)c1-n1c(-c2ccn(CC)n2)nc(=O)c(C(=O)N2CCC(C3=CCC=CC=C3F)C2)c1O. The van der Waals surface area contributed by atoms with Crippen molar-refractivity contribution in [3.8, 4) is 23.1 Å². The van der Waals surface area contributed by atoms with Gasteiger partial charge in [0.2, 0.25) is 5.88 Å². The second-order valence-electron chi connectivity index (χ2n) is 10.0. The lowest BCUT2D eigenvalue weighted by atomic mass is 9.96. The number of aromatic hydroxyl groups is 1. The Kier molecular flexibility index (Phi) is 7.82. The average Bonchev–Trinajstić information content (AvgIpc) is 3.60. The zero-order valence-electron chi connectivity index (χ0n) is 23.1. The van der Waals surface area contributed by atoms with Crippen LogP contribution in [0.3, 0.4) is 0 Å². The first-order valence-electron chi connectivity index (χ1n) is 13.9. The number of amides is 1. The number of likely N-dealkylation sites (tertiary alicyclic amines) is 1. The third-order valence-corrected chi connectivity index (χ3v) is 7.71. The van der Waals surface area contributed by atoms with E-state index in [-0.39, 0.29) is 29.7 Å². The molecule has 3 heterocycles. The number of aromatic nitrogens is 4. The molecule has 5 rings (SSSR count). The molecule has 0 spiro atoms. The molecule has 208 valence electrons. The first-order valence-corrected chi connectivity index (χ1v) is 13.9. The summed E-state index contributed by atoms with van der Waals surface area (Å²) in [5.41, 5.74) is 2.35. The van der Waals surface area contributed by atoms with Gasteiger partial charge in [-0.25, -0.2) is 4.39 Å². The zero-order valence-corrected chi connectivity index (χ0v) is 23.1. The molecule has 0 saturated carbocycles. The van der Waals surface area contributed by atoms with Crippen LogP contribution in [-0.4, -0.2) is 48.3 Å². The van der Waals surface area contributed by atoms with Gasteiger partial charge in [-0.3, -0.25) is 18.8 Å². The summed E-state index contributed by atoms with van der Waals surface area (Å²) >= 11 is 0. The van der Waals surface area contributed by atoms with Crippen LogP contribution in [0, 0.1) is 5.92 Å². The molecule has 0 bridgehead atoms. The Morgan fingerprint density at radius 3 is 2.58 bits per heavy atom. The van der Waals surface area contributed by atoms with Crippen molar-refractivity contribution in [3.05, 3.63) is 93.2 Å². The van der Waals surface area contributed by atoms with Crippen LogP contribution in [0.25, 0.3) is 17.2 Å². The van der Waals surface area contributed by atoms with E-state index in [0.29, 0.717) is 55.7 Å². The van der Waals surface area contributed by atoms with Crippen LogP contribution in [0.2, 0.25) is 0 Å². The molecular formula is C31H34FN5O3. The maximum absolute atomic E-state index is 14.7. The first-order chi connectivity index (χ1) is 19.4. The van der Waals surface area contributed by atoms with Crippen LogP contribution in [-0.2, 0) is 19.4 Å². The molecule has 1 unspecified atom stereocenters. The molecule has 1 aliphatic carbocycles. The van der Waals surface area contributed by atoms with Gasteiger partial charge in [0.15, 0.2) is 11.4 Å². The minimum Gasteiger partial charge on any atom is -0.493 e. The number of para-hydroxylation sites is 1. The standard InChI is InChI=1S/C31H34FN5O3/c1-4-20-11-10-12-21(5-2)27(20)37-28(25-16-18-36(6-3)34-25)33-29(38)26(31(37)40)30(39)35-17-15-22(19-35)23-13-8-7-9-14-24(23)32/h7,9-14,16,18,22,40H,4-6,8,15,17,19H2,1-3H3. The lowest BCUT2D eigenvalue weighted by molar-refractivity contribution is 0.0782. The van der Waals surface area contributed by atoms with Gasteiger partial charge in [0, 0.05) is 31.7 Å². The Labute approximate surface area is 232 Å². The largest absolute Gasteiger partial charge is 0.493 e. The Morgan fingerprint density at radius 2 is 1.90 bits per heavy atom. The van der Waals surface area contributed by atoms with Gasteiger partial charge in [0.25, 0.3) is 11.5 Å². The van der Waals surface area contributed by atoms with E-state index in [9.17, 15) is 19.1 Å². The predicted octanol–water partition coefficient (Wildman–Crippen LogP) is 5.15. The number of halogens is 1. The van der Waals surface area contributed by atoms with Crippen molar-refractivity contribution in [2.24, 2.45) is 5.92 Å². The average molecular weight is 544 g/mol. The topological polar surface area (TPSA) is 93.2 Å². The number of hydrogen-bond donors (Lipinski definition) is 1. The van der Waals surface area contributed by atoms with Gasteiger partial charge in [-0.05, 0) is 61.4 Å². The second-order valence-corrected chi connectivity index (χ2v) is 10.0. The second kappa shape index (κ2) is 11.5. The molecule has 9 heteroatoms. The highest BCUT2D eigenvalue weighted by molar-refractivity contribution is 5.96. The van der Waals surface area contributed by atoms with E-state index in [0.717, 1.165) is 11.1 Å². The molecule has 1 atom stereocenters. The Hall–Kier alpha value is -4.27. The van der Waals surface area contributed by atoms with Crippen molar-refractivity contribution in [1.29, 1.82) is 0 Å². The fourth-order valence-corrected chi connectivity index (χ4v) is 5.58. The highest BCUT2D eigenvalue weighted by Crippen LogP contribution is 2.35. The monoisotopic (exact) mass is 543 g/mol. The molecule has 1 aliphatic heterocycles. The van der Waals surface area contributed by atoms with Crippen LogP contribution >= 0.6 is 0 Å². The summed E-state index contributed by atoms with van der Waals surface area (Å²) in [6.07, 6.45) is 11.1. The molecule has 8 nitrogen and oxygen atoms in total. The smallest absolute Gasteiger partial charge is 0.290 e. The van der Waals surface area contributed by atoms with Crippen molar-refractivity contribution >= 4 is 5.91 Å². The summed E-state index contributed by atoms with van der Waals surface area (Å²) in [5, 5.41) is 16.3. The molecular weight excluding hydrogens is 509 g/mol. The number of nitrogens with zero attached hydrogens (tertiary/aromatic N) is 5. The van der Waals surface area contributed by atoms with Crippen LogP contribution in [0.15, 0.2) is 71.0 Å². The molecule has 0 radical (unpaired) electrons. The summed E-state index contributed by atoms with van der Waals surface area (Å²) in [6, 6.07) is 7.63. The van der Waals surface area contributed by atoms with Gasteiger partial charge in [-0.2, -0.15) is 10.1 Å². The molecule has 2 aromatic heterocycles. The van der Waals surface area contributed by atoms with E-state index >= 15 is 0 Å². The normalized spacial score (nSPS) is 17.1. The summed E-state index contributed by atoms with van der Waals surface area (Å²) < 4.78 is 17.9. The molecule has 3 aromatic rings. The van der Waals surface area contributed by atoms with E-state index in [2.05, 4.69) is 10.1 Å². The van der Waals surface area contributed by atoms with Crippen molar-refractivity contribution < 1.29 is 14.3 Å². The van der Waals surface area contributed by atoms with Gasteiger partial charge in [0.1, 0.15) is 11.5 Å². The van der Waals surface area contributed by atoms with Crippen LogP contribution in [0.4, 0.5) is 4.39 Å². The van der Waals surface area contributed by atoms with Gasteiger partial charge < -0.3 is 10.0 Å². The van der Waals surface area contributed by atoms with E-state index in [4.69, 9.17) is 0 Å². The molecule has 2 aliphatic rings. The third-order valence-electron chi connectivity index (χ3n) is 7.71. The van der Waals surface area contributed by atoms with Crippen LogP contribution < -0.4 is 5.56 Å². The number of carbonyl (C=O) groups is 1. The van der Waals surface area contributed by atoms with Crippen LogP contribution in [0.1, 0.15) is 55.1 Å². The van der Waals surface area contributed by atoms with E-state index in [1.54, 1.807) is 23.0 Å². The number of aryl methyl sites for hydroxylation is 3. The molecule has 1 aromatic carbocycles. The summed E-state index contributed by atoms with van der Waals surface area (Å²) in [6.45, 7) is 7.19. The van der Waals surface area contributed by atoms with E-state index in [1.807, 2.05) is 51.1 Å². The molecule has 40 heavy (non-hydrogen) atoms. The van der Waals surface area contributed by atoms with Crippen molar-refractivity contribution in [3.63, 3.8) is 0 Å². The van der Waals surface area contributed by atoms with Gasteiger partial charge >= 0.3 is 0 Å². The van der Waals surface area contributed by atoms with Crippen molar-refractivity contribution in [1.82, 2.24) is 24.2 Å². The zero-order chi connectivity index (χ0) is 28.4. The quantitative estimate of drug-likeness (QED) is 0.445. The van der Waals surface area contributed by atoms with E-state index in [1.165, 1.54) is 15.5 Å². The maximum atomic E-state index is 14.7. The molecule has 1 amide bonds. The number of hydrogen-bond acceptors (Lipinski definition) is 5. The van der Waals surface area contributed by atoms with Gasteiger partial charge in [0.05, 0.1) is 5.69 Å². The van der Waals surface area contributed by atoms with Crippen molar-refractivity contribution in [2.45, 2.75) is 53.0 Å². The lowest BCUT2D eigenvalue weighted by Crippen LogP contribution is -2.35. The Morgan fingerprint density at radius 1 is 1.15 bits per heavy atom. The minimum atomic E-state index is -0.820. The van der Waals surface area contributed by atoms with E-state index < -0.39 is 17.3 Å². The number of rotatable bonds is 7. The molecule has 1 fully saturated rings. The minimum absolute atomic E-state index is 0.171. The number of benzene rings is 1. The number of carbonyl (C=O) groups excluding carboxylic acids is 1. The fourth-order valence-electron chi connectivity index (χ4n) is 5.58. The highest BCUT2D eigenvalue weighted by atomic mass is 19.1. The van der Waals surface area contributed by atoms with Gasteiger partial charge in [-0.15, -0.1) is 0 Å². The highest BCUT2D eigenvalue weighted by Gasteiger charge is 2.35. The third kappa shape index (κ3) is 4.92. The number of allylic oxidation sites excluding steroid dienone is 5. The summed E-state index contributed by atoms with van der Waals surface area (Å²) in [7, 11) is 0. The fraction of sp³-hybridized carbons (Fsp3) is 0.355. The first kappa shape index (κ1) is 27.3. The maximum Gasteiger partial charge on any atom is 0.290 e. The van der Waals surface area contributed by atoms with Crippen LogP contribution in [0.5, 0.6) is 5.88 Å². The Bertz CT molecular complexity index is 1570. The lowest BCUT2D eigenvalue weighted by Gasteiger charge is -2.23. The predicted molar refractivity (Wildman–Crippen MR) is 152 cm³/mol. The summed E-state index contributed by atoms with van der Waals surface area (Å²) in [5.74, 6) is -1.40. The summed E-state index contributed by atoms with van der Waals surface area (Å²) in [4.78, 5) is 33.1. The van der Waals surface area contributed by atoms with Crippen molar-refractivity contribution in [2.75, 3.05) is 13.1 Å². The Balaban J connectivity index is 1.63. The van der Waals surface area contributed by atoms with Gasteiger partial charge in [-0.1, -0.05) is 50.3 Å².